The Morgan fingerprint density at radius 2 is 1.46 bits per heavy atom. The van der Waals surface area contributed by atoms with Gasteiger partial charge in [0.05, 0.1) is 25.4 Å². The van der Waals surface area contributed by atoms with Crippen LogP contribution in [-0.2, 0) is 42.4 Å². The zero-order valence-electron chi connectivity index (χ0n) is 32.4. The first-order valence-electron chi connectivity index (χ1n) is 18.8. The van der Waals surface area contributed by atoms with Crippen LogP contribution in [0.3, 0.4) is 0 Å². The number of amides is 1. The molecule has 0 unspecified atom stereocenters. The van der Waals surface area contributed by atoms with Crippen LogP contribution in [0.15, 0.2) is 0 Å². The van der Waals surface area contributed by atoms with E-state index in [9.17, 15) is 9.59 Å². The number of hydrogen-bond acceptors (Lipinski definition) is 9. The summed E-state index contributed by atoms with van der Waals surface area (Å²) in [6, 6.07) is -0.645. The number of carbonyl (C=O) groups excluding carboxylic acids is 2. The zero-order chi connectivity index (χ0) is 36.0. The third kappa shape index (κ3) is 13.2. The fraction of sp³-hybridized carbons (Fsp3) is 0.946. The van der Waals surface area contributed by atoms with Gasteiger partial charge in [0, 0.05) is 27.1 Å². The minimum Gasteiger partial charge on any atom is -0.462 e. The third-order valence-electron chi connectivity index (χ3n) is 10.1. The van der Waals surface area contributed by atoms with Crippen LogP contribution >= 0.6 is 0 Å². The second-order valence-electron chi connectivity index (χ2n) is 15.8. The van der Waals surface area contributed by atoms with Crippen molar-refractivity contribution in [2.45, 2.75) is 199 Å². The van der Waals surface area contributed by atoms with E-state index in [-0.39, 0.29) is 30.6 Å². The summed E-state index contributed by atoms with van der Waals surface area (Å²) < 4.78 is 44.7. The number of unbranched alkanes of at least 4 members (excludes halogenated alkanes) is 10. The van der Waals surface area contributed by atoms with E-state index in [0.717, 1.165) is 38.5 Å². The van der Waals surface area contributed by atoms with Gasteiger partial charge in [-0.3, -0.25) is 4.79 Å². The molecule has 10 nitrogen and oxygen atoms in total. The lowest BCUT2D eigenvalue weighted by Crippen LogP contribution is -2.70. The molecule has 0 aliphatic carbocycles. The summed E-state index contributed by atoms with van der Waals surface area (Å²) in [5.74, 6) is -3.40. The second kappa shape index (κ2) is 20.1. The Hall–Kier alpha value is -1.08. The van der Waals surface area contributed by atoms with Gasteiger partial charge in [-0.15, -0.1) is 0 Å². The molecule has 2 aliphatic rings. The molecule has 2 heterocycles. The van der Waals surface area contributed by atoms with Crippen LogP contribution in [0, 0.1) is 0 Å². The molecule has 6 atom stereocenters. The smallest absolute Gasteiger partial charge is 0.366 e. The van der Waals surface area contributed by atoms with Crippen molar-refractivity contribution in [1.29, 1.82) is 0 Å². The fourth-order valence-corrected chi connectivity index (χ4v) is 7.53. The first-order valence-corrected chi connectivity index (χ1v) is 21.7. The predicted octanol–water partition coefficient (Wildman–Crippen LogP) is 7.81. The molecule has 11 heteroatoms. The fourth-order valence-electron chi connectivity index (χ4n) is 6.19. The highest BCUT2D eigenvalue weighted by Crippen LogP contribution is 2.43. The van der Waals surface area contributed by atoms with Gasteiger partial charge in [-0.1, -0.05) is 98.8 Å². The van der Waals surface area contributed by atoms with Crippen molar-refractivity contribution in [1.82, 2.24) is 5.32 Å². The van der Waals surface area contributed by atoms with Crippen LogP contribution in [0.1, 0.15) is 139 Å². The number of carbonyl (C=O) groups is 2. The summed E-state index contributed by atoms with van der Waals surface area (Å²) >= 11 is 0. The minimum atomic E-state index is -2.42. The van der Waals surface area contributed by atoms with Crippen molar-refractivity contribution in [3.8, 4) is 0 Å². The first kappa shape index (κ1) is 43.1. The number of hydrogen-bond donors (Lipinski definition) is 1. The molecule has 2 fully saturated rings. The Labute approximate surface area is 293 Å². The van der Waals surface area contributed by atoms with Crippen molar-refractivity contribution in [3.63, 3.8) is 0 Å². The van der Waals surface area contributed by atoms with E-state index in [1.807, 2.05) is 13.8 Å². The molecule has 0 spiro atoms. The average Bonchev–Trinajstić information content (AvgIpc) is 3.37. The van der Waals surface area contributed by atoms with Gasteiger partial charge in [-0.05, 0) is 44.8 Å². The van der Waals surface area contributed by atoms with Crippen LogP contribution in [-0.4, -0.2) is 89.2 Å². The highest BCUT2D eigenvalue weighted by atomic mass is 28.4. The van der Waals surface area contributed by atoms with Crippen LogP contribution in [0.2, 0.25) is 18.1 Å². The Kier molecular flexibility index (Phi) is 18.0. The maximum absolute atomic E-state index is 14.0. The van der Waals surface area contributed by atoms with Gasteiger partial charge in [0.1, 0.15) is 18.3 Å². The molecule has 0 bridgehead atoms. The lowest BCUT2D eigenvalue weighted by atomic mass is 9.88. The van der Waals surface area contributed by atoms with Gasteiger partial charge in [0.2, 0.25) is 5.91 Å². The summed E-state index contributed by atoms with van der Waals surface area (Å²) in [7, 11) is -0.952. The molecule has 2 aliphatic heterocycles. The molecule has 1 N–H and O–H groups in total. The van der Waals surface area contributed by atoms with Crippen LogP contribution < -0.4 is 5.32 Å². The van der Waals surface area contributed by atoms with E-state index < -0.39 is 56.3 Å². The maximum Gasteiger partial charge on any atom is 0.366 e. The molecule has 2 saturated heterocycles. The molecule has 2 rings (SSSR count). The summed E-state index contributed by atoms with van der Waals surface area (Å²) in [6.45, 7) is 21.5. The molecule has 0 aromatic carbocycles. The monoisotopic (exact) mass is 701 g/mol. The third-order valence-corrected chi connectivity index (χ3v) is 14.6. The van der Waals surface area contributed by atoms with E-state index >= 15 is 0 Å². The minimum absolute atomic E-state index is 0.0600. The van der Waals surface area contributed by atoms with Crippen molar-refractivity contribution in [2.24, 2.45) is 0 Å². The quantitative estimate of drug-likeness (QED) is 0.0686. The van der Waals surface area contributed by atoms with E-state index in [0.29, 0.717) is 6.61 Å². The highest BCUT2D eigenvalue weighted by molar-refractivity contribution is 6.74. The van der Waals surface area contributed by atoms with Crippen molar-refractivity contribution < 1.29 is 42.4 Å². The van der Waals surface area contributed by atoms with Crippen molar-refractivity contribution in [2.75, 3.05) is 26.9 Å². The molecule has 0 aromatic rings. The highest BCUT2D eigenvalue weighted by Gasteiger charge is 2.59. The van der Waals surface area contributed by atoms with Crippen LogP contribution in [0.5, 0.6) is 0 Å². The standard InChI is InChI=1S/C37H71NO9Si/c1-12-14-16-18-20-22-24-42-32(30-27-44-36(7,8)45-30)33-31(38-28(3)39)29(47-48(10,11)35(4,5)6)26-37(41-9,46-33)34(40)43-25-23-21-19-17-15-13-2/h29-33H,12-27H2,1-11H3,(H,38,39)/t29-,30+,31+,32+,33+,37-/m0/s1. The number of nitrogens with one attached hydrogen (secondary N) is 1. The van der Waals surface area contributed by atoms with E-state index in [2.05, 4.69) is 53.0 Å². The van der Waals surface area contributed by atoms with Gasteiger partial charge in [0.25, 0.3) is 5.79 Å². The van der Waals surface area contributed by atoms with Crippen molar-refractivity contribution in [3.05, 3.63) is 0 Å². The normalized spacial score (nSPS) is 26.7. The molecule has 0 aromatic heterocycles. The molecule has 0 saturated carbocycles. The lowest BCUT2D eigenvalue weighted by Gasteiger charge is -2.51. The summed E-state index contributed by atoms with van der Waals surface area (Å²) in [4.78, 5) is 26.8. The van der Waals surface area contributed by atoms with Gasteiger partial charge >= 0.3 is 5.97 Å². The Balaban J connectivity index is 2.47. The van der Waals surface area contributed by atoms with Gasteiger partial charge in [-0.2, -0.15) is 0 Å². The second-order valence-corrected chi connectivity index (χ2v) is 20.5. The van der Waals surface area contributed by atoms with E-state index in [1.165, 1.54) is 52.6 Å². The van der Waals surface area contributed by atoms with Crippen molar-refractivity contribution >= 4 is 20.2 Å². The molecule has 282 valence electrons. The molecular weight excluding hydrogens is 630 g/mol. The van der Waals surface area contributed by atoms with Gasteiger partial charge in [0.15, 0.2) is 14.1 Å². The molecule has 48 heavy (non-hydrogen) atoms. The largest absolute Gasteiger partial charge is 0.462 e. The van der Waals surface area contributed by atoms with E-state index in [4.69, 9.17) is 32.8 Å². The average molecular weight is 702 g/mol. The summed E-state index contributed by atoms with van der Waals surface area (Å²) in [5.41, 5.74) is 0. The van der Waals surface area contributed by atoms with Gasteiger partial charge < -0.3 is 38.2 Å². The van der Waals surface area contributed by atoms with Gasteiger partial charge in [-0.25, -0.2) is 4.79 Å². The van der Waals surface area contributed by atoms with Crippen LogP contribution in [0.4, 0.5) is 0 Å². The Morgan fingerprint density at radius 3 is 1.96 bits per heavy atom. The Bertz CT molecular complexity index is 956. The Morgan fingerprint density at radius 1 is 0.896 bits per heavy atom. The lowest BCUT2D eigenvalue weighted by molar-refractivity contribution is -0.308. The van der Waals surface area contributed by atoms with Crippen LogP contribution in [0.25, 0.3) is 0 Å². The SMILES string of the molecule is CCCCCCCCOC(=O)[C@]1(OC)C[C@H](O[Si](C)(C)C(C)(C)C)[C@@H](NC(C)=O)[C@H]([C@H](OCCCCCCCC)[C@H]2COC(C)(C)O2)O1. The molecular formula is C37H71NO9Si. The zero-order valence-corrected chi connectivity index (χ0v) is 33.4. The summed E-state index contributed by atoms with van der Waals surface area (Å²) in [6.07, 6.45) is 10.5. The number of rotatable bonds is 22. The number of ether oxygens (including phenoxy) is 6. The number of methoxy groups -OCH3 is 1. The predicted molar refractivity (Wildman–Crippen MR) is 191 cm³/mol. The summed E-state index contributed by atoms with van der Waals surface area (Å²) in [5, 5.41) is 3.00. The first-order chi connectivity index (χ1) is 22.5. The molecule has 0 radical (unpaired) electrons. The molecule has 1 amide bonds. The van der Waals surface area contributed by atoms with E-state index in [1.54, 1.807) is 0 Å². The topological polar surface area (TPSA) is 111 Å². The number of esters is 1. The maximum atomic E-state index is 14.0.